The third kappa shape index (κ3) is 3.12. The van der Waals surface area contributed by atoms with Gasteiger partial charge in [0.1, 0.15) is 0 Å². The highest BCUT2D eigenvalue weighted by atomic mass is 32.1. The molecule has 1 aromatic rings. The van der Waals surface area contributed by atoms with Crippen LogP contribution in [0, 0.1) is 0 Å². The van der Waals surface area contributed by atoms with Gasteiger partial charge in [0, 0.05) is 35.3 Å². The second kappa shape index (κ2) is 5.90. The van der Waals surface area contributed by atoms with Gasteiger partial charge in [-0.2, -0.15) is 0 Å². The van der Waals surface area contributed by atoms with Gasteiger partial charge in [0.05, 0.1) is 17.8 Å². The molecule has 1 aromatic heterocycles. The number of hydrogen-bond acceptors (Lipinski definition) is 4. The lowest BCUT2D eigenvalue weighted by Crippen LogP contribution is -2.53. The fourth-order valence-electron chi connectivity index (χ4n) is 4.01. The standard InChI is InChI=1S/C18H29NO2S/c1-5-14-10-15-16(22-14)6-9-21-18(15)7-8-19(13(2)11-18)12-17(3,4)20/h10,13,20H,5-9,11-12H2,1-4H3/t13-,18+/m0/s1. The van der Waals surface area contributed by atoms with E-state index < -0.39 is 5.60 Å². The van der Waals surface area contributed by atoms with Gasteiger partial charge in [-0.25, -0.2) is 0 Å². The molecule has 22 heavy (non-hydrogen) atoms. The van der Waals surface area contributed by atoms with Crippen LogP contribution in [0.1, 0.15) is 55.9 Å². The summed E-state index contributed by atoms with van der Waals surface area (Å²) in [6, 6.07) is 2.84. The number of nitrogens with zero attached hydrogens (tertiary/aromatic N) is 1. The number of hydrogen-bond donors (Lipinski definition) is 1. The minimum absolute atomic E-state index is 0.0764. The predicted molar refractivity (Wildman–Crippen MR) is 91.6 cm³/mol. The van der Waals surface area contributed by atoms with Gasteiger partial charge in [0.15, 0.2) is 0 Å². The highest BCUT2D eigenvalue weighted by Gasteiger charge is 2.44. The number of likely N-dealkylation sites (tertiary alicyclic amines) is 1. The van der Waals surface area contributed by atoms with Crippen LogP contribution < -0.4 is 0 Å². The number of rotatable bonds is 3. The Kier molecular flexibility index (Phi) is 4.41. The summed E-state index contributed by atoms with van der Waals surface area (Å²) in [7, 11) is 0. The molecule has 2 aliphatic heterocycles. The van der Waals surface area contributed by atoms with Crippen LogP contribution in [-0.2, 0) is 23.2 Å². The van der Waals surface area contributed by atoms with E-state index in [0.29, 0.717) is 6.04 Å². The lowest BCUT2D eigenvalue weighted by molar-refractivity contribution is -0.119. The summed E-state index contributed by atoms with van der Waals surface area (Å²) in [4.78, 5) is 5.45. The zero-order valence-corrected chi connectivity index (χ0v) is 15.1. The molecular weight excluding hydrogens is 294 g/mol. The van der Waals surface area contributed by atoms with Crippen LogP contribution in [-0.4, -0.2) is 41.3 Å². The highest BCUT2D eigenvalue weighted by molar-refractivity contribution is 7.12. The van der Waals surface area contributed by atoms with Crippen molar-refractivity contribution in [2.75, 3.05) is 19.7 Å². The molecule has 3 nitrogen and oxygen atoms in total. The first-order chi connectivity index (χ1) is 10.3. The third-order valence-corrected chi connectivity index (χ3v) is 6.39. The number of ether oxygens (including phenoxy) is 1. The monoisotopic (exact) mass is 323 g/mol. The van der Waals surface area contributed by atoms with Crippen LogP contribution in [0.15, 0.2) is 6.07 Å². The van der Waals surface area contributed by atoms with Crippen LogP contribution in [0.5, 0.6) is 0 Å². The van der Waals surface area contributed by atoms with Gasteiger partial charge in [-0.05, 0) is 51.7 Å². The summed E-state index contributed by atoms with van der Waals surface area (Å²) in [5, 5.41) is 10.1. The molecule has 0 radical (unpaired) electrons. The average Bonchev–Trinajstić information content (AvgIpc) is 2.86. The van der Waals surface area contributed by atoms with Crippen LogP contribution >= 0.6 is 11.3 Å². The first kappa shape index (κ1) is 16.4. The van der Waals surface area contributed by atoms with Crippen LogP contribution in [0.25, 0.3) is 0 Å². The number of aryl methyl sites for hydroxylation is 1. The molecule has 0 saturated carbocycles. The Morgan fingerprint density at radius 1 is 1.50 bits per heavy atom. The lowest BCUT2D eigenvalue weighted by Gasteiger charge is -2.48. The van der Waals surface area contributed by atoms with Crippen molar-refractivity contribution in [3.63, 3.8) is 0 Å². The van der Waals surface area contributed by atoms with Gasteiger partial charge in [0.25, 0.3) is 0 Å². The van der Waals surface area contributed by atoms with Gasteiger partial charge in [0.2, 0.25) is 0 Å². The molecule has 3 rings (SSSR count). The molecule has 124 valence electrons. The molecule has 0 unspecified atom stereocenters. The fourth-order valence-corrected chi connectivity index (χ4v) is 5.19. The summed E-state index contributed by atoms with van der Waals surface area (Å²) >= 11 is 1.98. The van der Waals surface area contributed by atoms with E-state index in [0.717, 1.165) is 45.4 Å². The topological polar surface area (TPSA) is 32.7 Å². The molecule has 2 atom stereocenters. The third-order valence-electron chi connectivity index (χ3n) is 5.05. The second-order valence-electron chi connectivity index (χ2n) is 7.58. The molecule has 2 aliphatic rings. The van der Waals surface area contributed by atoms with Crippen LogP contribution in [0.3, 0.4) is 0 Å². The molecule has 0 bridgehead atoms. The fraction of sp³-hybridized carbons (Fsp3) is 0.778. The quantitative estimate of drug-likeness (QED) is 0.926. The van der Waals surface area contributed by atoms with Gasteiger partial charge in [-0.1, -0.05) is 6.92 Å². The van der Waals surface area contributed by atoms with Crippen LogP contribution in [0.2, 0.25) is 0 Å². The molecule has 0 aromatic carbocycles. The Morgan fingerprint density at radius 3 is 2.91 bits per heavy atom. The Hall–Kier alpha value is -0.420. The largest absolute Gasteiger partial charge is 0.389 e. The van der Waals surface area contributed by atoms with Gasteiger partial charge in [-0.3, -0.25) is 4.90 Å². The SMILES string of the molecule is CCc1cc2c(s1)CCO[C@@]21CCN(CC(C)(C)O)[C@@H](C)C1. The smallest absolute Gasteiger partial charge is 0.0969 e. The number of thiophene rings is 1. The predicted octanol–water partition coefficient (Wildman–Crippen LogP) is 3.33. The summed E-state index contributed by atoms with van der Waals surface area (Å²) in [6.07, 6.45) is 4.27. The minimum atomic E-state index is -0.630. The van der Waals surface area contributed by atoms with E-state index in [1.807, 2.05) is 25.2 Å². The molecule has 1 N–H and O–H groups in total. The number of aliphatic hydroxyl groups is 1. The Balaban J connectivity index is 1.81. The molecular formula is C18H29NO2S. The van der Waals surface area contributed by atoms with Crippen LogP contribution in [0.4, 0.5) is 0 Å². The van der Waals surface area contributed by atoms with Crippen molar-refractivity contribution in [1.29, 1.82) is 0 Å². The van der Waals surface area contributed by atoms with Crippen molar-refractivity contribution in [2.45, 2.75) is 70.6 Å². The minimum Gasteiger partial charge on any atom is -0.389 e. The van der Waals surface area contributed by atoms with Gasteiger partial charge < -0.3 is 9.84 Å². The first-order valence-corrected chi connectivity index (χ1v) is 9.37. The summed E-state index contributed by atoms with van der Waals surface area (Å²) < 4.78 is 6.36. The van der Waals surface area contributed by atoms with E-state index in [9.17, 15) is 5.11 Å². The van der Waals surface area contributed by atoms with Crippen molar-refractivity contribution in [1.82, 2.24) is 4.90 Å². The maximum atomic E-state index is 10.1. The summed E-state index contributed by atoms with van der Waals surface area (Å²) in [5.41, 5.74) is 0.762. The molecule has 0 amide bonds. The van der Waals surface area contributed by atoms with E-state index in [-0.39, 0.29) is 5.60 Å². The lowest BCUT2D eigenvalue weighted by atomic mass is 9.79. The summed E-state index contributed by atoms with van der Waals surface area (Å²) in [6.45, 7) is 10.9. The maximum absolute atomic E-state index is 10.1. The van der Waals surface area contributed by atoms with E-state index >= 15 is 0 Å². The van der Waals surface area contributed by atoms with Gasteiger partial charge in [-0.15, -0.1) is 11.3 Å². The first-order valence-electron chi connectivity index (χ1n) is 8.55. The molecule has 4 heteroatoms. The van der Waals surface area contributed by atoms with Crippen molar-refractivity contribution < 1.29 is 9.84 Å². The Bertz CT molecular complexity index is 534. The van der Waals surface area contributed by atoms with Crippen molar-refractivity contribution >= 4 is 11.3 Å². The van der Waals surface area contributed by atoms with Crippen molar-refractivity contribution in [2.24, 2.45) is 0 Å². The zero-order valence-electron chi connectivity index (χ0n) is 14.3. The molecule has 1 fully saturated rings. The summed E-state index contributed by atoms with van der Waals surface area (Å²) in [5.74, 6) is 0. The molecule has 0 aliphatic carbocycles. The Labute approximate surface area is 138 Å². The molecule has 1 saturated heterocycles. The van der Waals surface area contributed by atoms with Gasteiger partial charge >= 0.3 is 0 Å². The maximum Gasteiger partial charge on any atom is 0.0969 e. The molecule has 3 heterocycles. The zero-order chi connectivity index (χ0) is 16.0. The average molecular weight is 324 g/mol. The number of β-amino-alcohol motifs (C(OH)–C–C–N with tert-alkyl or cyclic N) is 1. The molecule has 1 spiro atoms. The number of fused-ring (bicyclic) bond motifs is 2. The van der Waals surface area contributed by atoms with E-state index in [4.69, 9.17) is 4.74 Å². The van der Waals surface area contributed by atoms with E-state index in [2.05, 4.69) is 24.8 Å². The Morgan fingerprint density at radius 2 is 2.27 bits per heavy atom. The highest BCUT2D eigenvalue weighted by Crippen LogP contribution is 2.46. The second-order valence-corrected chi connectivity index (χ2v) is 8.80. The van der Waals surface area contributed by atoms with E-state index in [1.54, 1.807) is 4.88 Å². The number of piperidine rings is 1. The normalized spacial score (nSPS) is 29.8. The van der Waals surface area contributed by atoms with E-state index in [1.165, 1.54) is 10.4 Å². The van der Waals surface area contributed by atoms with Crippen molar-refractivity contribution in [3.8, 4) is 0 Å². The van der Waals surface area contributed by atoms with Crippen molar-refractivity contribution in [3.05, 3.63) is 21.4 Å².